The highest BCUT2D eigenvalue weighted by Gasteiger charge is 2.02. The van der Waals surface area contributed by atoms with Crippen LogP contribution >= 0.6 is 0 Å². The molecule has 0 spiro atoms. The number of rotatable bonds is 6. The molecule has 0 aromatic carbocycles. The number of anilines is 1. The van der Waals surface area contributed by atoms with Gasteiger partial charge in [-0.05, 0) is 36.5 Å². The van der Waals surface area contributed by atoms with Crippen molar-refractivity contribution < 1.29 is 0 Å². The lowest BCUT2D eigenvalue weighted by Gasteiger charge is -2.17. The van der Waals surface area contributed by atoms with Crippen LogP contribution in [-0.4, -0.2) is 44.7 Å². The monoisotopic (exact) mass is 198 g/mol. The van der Waals surface area contributed by atoms with Gasteiger partial charge in [0.2, 0.25) is 5.95 Å². The summed E-state index contributed by atoms with van der Waals surface area (Å²) < 4.78 is 1.63. The third-order valence-electron chi connectivity index (χ3n) is 2.30. The zero-order valence-electron chi connectivity index (χ0n) is 8.85. The molecule has 0 saturated carbocycles. The van der Waals surface area contributed by atoms with Crippen molar-refractivity contribution in [3.63, 3.8) is 0 Å². The first kappa shape index (κ1) is 10.9. The summed E-state index contributed by atoms with van der Waals surface area (Å²) in [7, 11) is 0. The lowest BCUT2D eigenvalue weighted by atomic mass is 10.3. The highest BCUT2D eigenvalue weighted by atomic mass is 15.6. The molecule has 0 amide bonds. The molecule has 0 aliphatic carbocycles. The van der Waals surface area contributed by atoms with E-state index in [4.69, 9.17) is 5.73 Å². The number of nitrogens with zero attached hydrogens (tertiary/aromatic N) is 5. The van der Waals surface area contributed by atoms with Crippen LogP contribution < -0.4 is 5.73 Å². The van der Waals surface area contributed by atoms with Crippen molar-refractivity contribution >= 4 is 5.95 Å². The fraction of sp³-hybridized carbons (Fsp3) is 0.875. The van der Waals surface area contributed by atoms with Crippen LogP contribution in [0.5, 0.6) is 0 Å². The van der Waals surface area contributed by atoms with E-state index in [9.17, 15) is 0 Å². The molecule has 0 fully saturated rings. The molecule has 14 heavy (non-hydrogen) atoms. The number of hydrogen-bond donors (Lipinski definition) is 1. The Morgan fingerprint density at radius 1 is 1.36 bits per heavy atom. The van der Waals surface area contributed by atoms with Gasteiger partial charge in [-0.3, -0.25) is 0 Å². The molecule has 80 valence electrons. The van der Waals surface area contributed by atoms with E-state index >= 15 is 0 Å². The maximum atomic E-state index is 5.54. The predicted octanol–water partition coefficient (Wildman–Crippen LogP) is -0.0128. The normalized spacial score (nSPS) is 11.1. The maximum Gasteiger partial charge on any atom is 0.240 e. The third-order valence-corrected chi connectivity index (χ3v) is 2.30. The van der Waals surface area contributed by atoms with Crippen molar-refractivity contribution in [2.75, 3.05) is 25.4 Å². The Morgan fingerprint density at radius 3 is 2.57 bits per heavy atom. The number of aryl methyl sites for hydroxylation is 1. The first-order valence-corrected chi connectivity index (χ1v) is 5.02. The minimum Gasteiger partial charge on any atom is -0.367 e. The van der Waals surface area contributed by atoms with Crippen molar-refractivity contribution in [1.29, 1.82) is 0 Å². The average Bonchev–Trinajstić information content (AvgIpc) is 2.59. The summed E-state index contributed by atoms with van der Waals surface area (Å²) in [5.41, 5.74) is 5.54. The van der Waals surface area contributed by atoms with Crippen LogP contribution in [0.25, 0.3) is 0 Å². The molecule has 1 aromatic rings. The lowest BCUT2D eigenvalue weighted by Crippen LogP contribution is -2.25. The van der Waals surface area contributed by atoms with Gasteiger partial charge < -0.3 is 10.6 Å². The number of nitrogen functional groups attached to an aromatic ring is 1. The van der Waals surface area contributed by atoms with E-state index in [1.807, 2.05) is 0 Å². The second-order valence-electron chi connectivity index (χ2n) is 3.14. The van der Waals surface area contributed by atoms with Gasteiger partial charge in [0.1, 0.15) is 0 Å². The molecule has 0 saturated heterocycles. The van der Waals surface area contributed by atoms with Gasteiger partial charge in [-0.1, -0.05) is 18.9 Å². The summed E-state index contributed by atoms with van der Waals surface area (Å²) in [6.07, 6.45) is 1.02. The van der Waals surface area contributed by atoms with Gasteiger partial charge >= 0.3 is 0 Å². The minimum atomic E-state index is 0.393. The topological polar surface area (TPSA) is 72.9 Å². The molecule has 0 bridgehead atoms. The van der Waals surface area contributed by atoms with Crippen molar-refractivity contribution in [3.8, 4) is 0 Å². The average molecular weight is 198 g/mol. The van der Waals surface area contributed by atoms with Crippen molar-refractivity contribution in [3.05, 3.63) is 0 Å². The zero-order chi connectivity index (χ0) is 10.4. The van der Waals surface area contributed by atoms with E-state index in [1.54, 1.807) is 4.68 Å². The molecular formula is C8H18N6. The summed E-state index contributed by atoms with van der Waals surface area (Å²) in [6, 6.07) is 0. The fourth-order valence-corrected chi connectivity index (χ4v) is 1.35. The first-order chi connectivity index (χ1) is 6.77. The van der Waals surface area contributed by atoms with E-state index in [0.29, 0.717) is 5.95 Å². The van der Waals surface area contributed by atoms with Crippen LogP contribution in [0.4, 0.5) is 5.95 Å². The van der Waals surface area contributed by atoms with Crippen LogP contribution in [0, 0.1) is 0 Å². The Labute approximate surface area is 84.1 Å². The minimum absolute atomic E-state index is 0.393. The van der Waals surface area contributed by atoms with Gasteiger partial charge in [-0.15, -0.1) is 0 Å². The van der Waals surface area contributed by atoms with Crippen LogP contribution in [0.2, 0.25) is 0 Å². The molecule has 0 aliphatic heterocycles. The van der Waals surface area contributed by atoms with Crippen molar-refractivity contribution in [2.24, 2.45) is 0 Å². The molecule has 0 atom stereocenters. The van der Waals surface area contributed by atoms with Crippen LogP contribution in [0.1, 0.15) is 20.3 Å². The predicted molar refractivity (Wildman–Crippen MR) is 54.6 cm³/mol. The molecule has 0 aliphatic rings. The SMILES string of the molecule is CCN(CC)CCCn1nnnc1N. The molecule has 1 heterocycles. The number of tetrazole rings is 1. The van der Waals surface area contributed by atoms with E-state index in [2.05, 4.69) is 34.3 Å². The molecule has 0 unspecified atom stereocenters. The highest BCUT2D eigenvalue weighted by Crippen LogP contribution is 1.97. The van der Waals surface area contributed by atoms with Gasteiger partial charge in [0.15, 0.2) is 0 Å². The van der Waals surface area contributed by atoms with Crippen molar-refractivity contribution in [2.45, 2.75) is 26.8 Å². The first-order valence-electron chi connectivity index (χ1n) is 5.02. The molecule has 6 nitrogen and oxygen atoms in total. The highest BCUT2D eigenvalue weighted by molar-refractivity contribution is 5.09. The molecule has 6 heteroatoms. The Balaban J connectivity index is 2.24. The molecule has 1 aromatic heterocycles. The summed E-state index contributed by atoms with van der Waals surface area (Å²) in [4.78, 5) is 2.36. The fourth-order valence-electron chi connectivity index (χ4n) is 1.35. The smallest absolute Gasteiger partial charge is 0.240 e. The molecule has 2 N–H and O–H groups in total. The van der Waals surface area contributed by atoms with Gasteiger partial charge in [-0.2, -0.15) is 0 Å². The Bertz CT molecular complexity index is 254. The standard InChI is InChI=1S/C8H18N6/c1-3-13(4-2)6-5-7-14-8(9)10-11-12-14/h3-7H2,1-2H3,(H2,9,10,12). The number of hydrogen-bond acceptors (Lipinski definition) is 5. The molecular weight excluding hydrogens is 180 g/mol. The van der Waals surface area contributed by atoms with Crippen LogP contribution in [0.3, 0.4) is 0 Å². The third kappa shape index (κ3) is 2.95. The van der Waals surface area contributed by atoms with Gasteiger partial charge in [0.25, 0.3) is 0 Å². The Kier molecular flexibility index (Phi) is 4.31. The summed E-state index contributed by atoms with van der Waals surface area (Å²) in [6.45, 7) is 8.34. The second-order valence-corrected chi connectivity index (χ2v) is 3.14. The van der Waals surface area contributed by atoms with Gasteiger partial charge in [0.05, 0.1) is 0 Å². The number of aromatic nitrogens is 4. The van der Waals surface area contributed by atoms with Crippen molar-refractivity contribution in [1.82, 2.24) is 25.1 Å². The zero-order valence-corrected chi connectivity index (χ0v) is 8.85. The second kappa shape index (κ2) is 5.54. The molecule has 1 rings (SSSR count). The summed E-state index contributed by atoms with van der Waals surface area (Å²) in [5, 5.41) is 10.9. The van der Waals surface area contributed by atoms with Gasteiger partial charge in [0, 0.05) is 6.54 Å². The Morgan fingerprint density at radius 2 is 2.07 bits per heavy atom. The number of nitrogens with two attached hydrogens (primary N) is 1. The quantitative estimate of drug-likeness (QED) is 0.696. The van der Waals surface area contributed by atoms with E-state index in [1.165, 1.54) is 0 Å². The Hall–Kier alpha value is -1.17. The van der Waals surface area contributed by atoms with E-state index < -0.39 is 0 Å². The molecule has 0 radical (unpaired) electrons. The van der Waals surface area contributed by atoms with Crippen LogP contribution in [0.15, 0.2) is 0 Å². The largest absolute Gasteiger partial charge is 0.367 e. The maximum absolute atomic E-state index is 5.54. The lowest BCUT2D eigenvalue weighted by molar-refractivity contribution is 0.291. The summed E-state index contributed by atoms with van der Waals surface area (Å²) in [5.74, 6) is 0.393. The van der Waals surface area contributed by atoms with Crippen LogP contribution in [-0.2, 0) is 6.54 Å². The van der Waals surface area contributed by atoms with Gasteiger partial charge in [-0.25, -0.2) is 4.68 Å². The van der Waals surface area contributed by atoms with E-state index in [0.717, 1.165) is 32.6 Å². The van der Waals surface area contributed by atoms with E-state index in [-0.39, 0.29) is 0 Å². The summed E-state index contributed by atoms with van der Waals surface area (Å²) >= 11 is 0.